The SMILES string of the molecule is C#CCNC(=S)Nc1cc([N+](=O)[O-])ccc1Cl. The predicted octanol–water partition coefficient (Wildman–Crippen LogP) is 2.17. The lowest BCUT2D eigenvalue weighted by Gasteiger charge is -2.09. The van der Waals surface area contributed by atoms with Crippen LogP contribution in [0.15, 0.2) is 18.2 Å². The number of nitrogens with one attached hydrogen (secondary N) is 2. The molecule has 0 aliphatic carbocycles. The second-order valence-corrected chi connectivity index (χ2v) is 3.75. The summed E-state index contributed by atoms with van der Waals surface area (Å²) in [6, 6.07) is 4.03. The molecule has 1 aromatic rings. The van der Waals surface area contributed by atoms with Crippen LogP contribution in [0.25, 0.3) is 0 Å². The van der Waals surface area contributed by atoms with Gasteiger partial charge in [0.2, 0.25) is 0 Å². The van der Waals surface area contributed by atoms with Crippen molar-refractivity contribution < 1.29 is 4.92 Å². The molecule has 0 unspecified atom stereocenters. The number of hydrogen-bond donors (Lipinski definition) is 2. The topological polar surface area (TPSA) is 67.2 Å². The first-order chi connectivity index (χ1) is 8.04. The van der Waals surface area contributed by atoms with Crippen LogP contribution in [0.4, 0.5) is 11.4 Å². The van der Waals surface area contributed by atoms with Crippen molar-refractivity contribution in [2.24, 2.45) is 0 Å². The predicted molar refractivity (Wildman–Crippen MR) is 71.2 cm³/mol. The molecule has 0 radical (unpaired) electrons. The smallest absolute Gasteiger partial charge is 0.271 e. The van der Waals surface area contributed by atoms with Crippen molar-refractivity contribution in [3.05, 3.63) is 33.3 Å². The Morgan fingerprint density at radius 1 is 1.65 bits per heavy atom. The van der Waals surface area contributed by atoms with E-state index in [9.17, 15) is 10.1 Å². The molecule has 17 heavy (non-hydrogen) atoms. The second kappa shape index (κ2) is 6.03. The number of halogens is 1. The quantitative estimate of drug-likeness (QED) is 0.381. The van der Waals surface area contributed by atoms with E-state index in [1.807, 2.05) is 0 Å². The Labute approximate surface area is 108 Å². The molecule has 0 atom stereocenters. The van der Waals surface area contributed by atoms with Crippen molar-refractivity contribution in [2.75, 3.05) is 11.9 Å². The van der Waals surface area contributed by atoms with Gasteiger partial charge in [-0.1, -0.05) is 17.5 Å². The van der Waals surface area contributed by atoms with Crippen molar-refractivity contribution in [1.82, 2.24) is 5.32 Å². The fourth-order valence-corrected chi connectivity index (χ4v) is 1.37. The minimum absolute atomic E-state index is 0.0725. The summed E-state index contributed by atoms with van der Waals surface area (Å²) in [7, 11) is 0. The van der Waals surface area contributed by atoms with Gasteiger partial charge in [-0.3, -0.25) is 10.1 Å². The Morgan fingerprint density at radius 3 is 2.94 bits per heavy atom. The Morgan fingerprint density at radius 2 is 2.35 bits per heavy atom. The zero-order valence-corrected chi connectivity index (χ0v) is 10.1. The van der Waals surface area contributed by atoms with E-state index in [1.165, 1.54) is 18.2 Å². The molecule has 0 bridgehead atoms. The molecular formula is C10H8ClN3O2S. The third-order valence-electron chi connectivity index (χ3n) is 1.76. The van der Waals surface area contributed by atoms with Gasteiger partial charge < -0.3 is 10.6 Å². The monoisotopic (exact) mass is 269 g/mol. The normalized spacial score (nSPS) is 9.18. The van der Waals surface area contributed by atoms with Crippen molar-refractivity contribution in [3.63, 3.8) is 0 Å². The van der Waals surface area contributed by atoms with Gasteiger partial charge in [0.1, 0.15) is 0 Å². The fourth-order valence-electron chi connectivity index (χ4n) is 1.02. The summed E-state index contributed by atoms with van der Waals surface area (Å²) >= 11 is 10.8. The first kappa shape index (κ1) is 13.2. The van der Waals surface area contributed by atoms with E-state index in [4.69, 9.17) is 30.2 Å². The van der Waals surface area contributed by atoms with Crippen LogP contribution in [0.5, 0.6) is 0 Å². The van der Waals surface area contributed by atoms with Gasteiger partial charge in [-0.05, 0) is 18.3 Å². The van der Waals surface area contributed by atoms with Crippen LogP contribution in [-0.2, 0) is 0 Å². The number of hydrogen-bond acceptors (Lipinski definition) is 3. The van der Waals surface area contributed by atoms with Gasteiger partial charge in [0.25, 0.3) is 5.69 Å². The van der Waals surface area contributed by atoms with Gasteiger partial charge >= 0.3 is 0 Å². The number of nitrogens with zero attached hydrogens (tertiary/aromatic N) is 1. The number of terminal acetylenes is 1. The van der Waals surface area contributed by atoms with Crippen LogP contribution in [0.3, 0.4) is 0 Å². The largest absolute Gasteiger partial charge is 0.352 e. The molecule has 88 valence electrons. The third-order valence-corrected chi connectivity index (χ3v) is 2.34. The Bertz CT molecular complexity index is 499. The van der Waals surface area contributed by atoms with Gasteiger partial charge in [0.15, 0.2) is 5.11 Å². The second-order valence-electron chi connectivity index (χ2n) is 2.93. The van der Waals surface area contributed by atoms with Crippen LogP contribution in [0, 0.1) is 22.5 Å². The Balaban J connectivity index is 2.83. The molecule has 0 heterocycles. The standard InChI is InChI=1S/C10H8ClN3O2S/c1-2-5-12-10(17)13-9-6-7(14(15)16)3-4-8(9)11/h1,3-4,6H,5H2,(H2,12,13,17). The van der Waals surface area contributed by atoms with Crippen molar-refractivity contribution in [3.8, 4) is 12.3 Å². The van der Waals surface area contributed by atoms with E-state index in [0.717, 1.165) is 0 Å². The molecule has 0 fully saturated rings. The van der Waals surface area contributed by atoms with E-state index >= 15 is 0 Å². The number of benzene rings is 1. The van der Waals surface area contributed by atoms with Crippen molar-refractivity contribution in [2.45, 2.75) is 0 Å². The molecule has 0 aliphatic rings. The van der Waals surface area contributed by atoms with Crippen molar-refractivity contribution >= 4 is 40.3 Å². The van der Waals surface area contributed by atoms with Crippen LogP contribution in [0.2, 0.25) is 5.02 Å². The summed E-state index contributed by atoms with van der Waals surface area (Å²) in [6.45, 7) is 0.262. The first-order valence-electron chi connectivity index (χ1n) is 4.47. The van der Waals surface area contributed by atoms with Crippen LogP contribution < -0.4 is 10.6 Å². The minimum Gasteiger partial charge on any atom is -0.352 e. The molecule has 2 N–H and O–H groups in total. The molecule has 0 spiro atoms. The summed E-state index contributed by atoms with van der Waals surface area (Å²) < 4.78 is 0. The number of thiocarbonyl (C=S) groups is 1. The Kier molecular flexibility index (Phi) is 4.69. The zero-order valence-electron chi connectivity index (χ0n) is 8.57. The van der Waals surface area contributed by atoms with E-state index in [1.54, 1.807) is 0 Å². The molecule has 0 aromatic heterocycles. The van der Waals surface area contributed by atoms with E-state index in [-0.39, 0.29) is 17.3 Å². The highest BCUT2D eigenvalue weighted by atomic mass is 35.5. The molecular weight excluding hydrogens is 262 g/mol. The van der Waals surface area contributed by atoms with Crippen LogP contribution in [0.1, 0.15) is 0 Å². The third kappa shape index (κ3) is 3.90. The van der Waals surface area contributed by atoms with Gasteiger partial charge in [-0.25, -0.2) is 0 Å². The average molecular weight is 270 g/mol. The van der Waals surface area contributed by atoms with Gasteiger partial charge in [0, 0.05) is 12.1 Å². The number of non-ortho nitro benzene ring substituents is 1. The zero-order chi connectivity index (χ0) is 12.8. The number of anilines is 1. The molecule has 0 aliphatic heterocycles. The average Bonchev–Trinajstić information content (AvgIpc) is 2.29. The summed E-state index contributed by atoms with van der Waals surface area (Å²) in [5.74, 6) is 2.35. The van der Waals surface area contributed by atoms with Crippen LogP contribution >= 0.6 is 23.8 Å². The summed E-state index contributed by atoms with van der Waals surface area (Å²) in [4.78, 5) is 10.1. The highest BCUT2D eigenvalue weighted by molar-refractivity contribution is 7.80. The highest BCUT2D eigenvalue weighted by Crippen LogP contribution is 2.26. The molecule has 0 saturated carbocycles. The summed E-state index contributed by atoms with van der Waals surface area (Å²) in [5.41, 5.74) is 0.284. The van der Waals surface area contributed by atoms with E-state index in [2.05, 4.69) is 16.6 Å². The van der Waals surface area contributed by atoms with Gasteiger partial charge in [-0.2, -0.15) is 0 Å². The first-order valence-corrected chi connectivity index (χ1v) is 5.25. The molecule has 1 rings (SSSR count). The molecule has 1 aromatic carbocycles. The lowest BCUT2D eigenvalue weighted by atomic mass is 10.3. The molecule has 5 nitrogen and oxygen atoms in total. The minimum atomic E-state index is -0.514. The molecule has 7 heteroatoms. The van der Waals surface area contributed by atoms with Crippen molar-refractivity contribution in [1.29, 1.82) is 0 Å². The highest BCUT2D eigenvalue weighted by Gasteiger charge is 2.10. The maximum absolute atomic E-state index is 10.6. The molecule has 0 amide bonds. The maximum atomic E-state index is 10.6. The lowest BCUT2D eigenvalue weighted by molar-refractivity contribution is -0.384. The number of rotatable bonds is 3. The van der Waals surface area contributed by atoms with E-state index in [0.29, 0.717) is 10.7 Å². The maximum Gasteiger partial charge on any atom is 0.271 e. The number of nitro groups is 1. The van der Waals surface area contributed by atoms with Gasteiger partial charge in [0.05, 0.1) is 22.2 Å². The lowest BCUT2D eigenvalue weighted by Crippen LogP contribution is -2.28. The molecule has 0 saturated heterocycles. The van der Waals surface area contributed by atoms with E-state index < -0.39 is 4.92 Å². The van der Waals surface area contributed by atoms with Crippen LogP contribution in [-0.4, -0.2) is 16.6 Å². The van der Waals surface area contributed by atoms with Gasteiger partial charge in [-0.15, -0.1) is 6.42 Å². The number of nitro benzene ring substituents is 1. The summed E-state index contributed by atoms with van der Waals surface area (Å²) in [5, 5.41) is 16.6. The Hall–Kier alpha value is -1.84. The fraction of sp³-hybridized carbons (Fsp3) is 0.100. The summed E-state index contributed by atoms with van der Waals surface area (Å²) in [6.07, 6.45) is 5.05.